The van der Waals surface area contributed by atoms with E-state index in [9.17, 15) is 4.79 Å². The van der Waals surface area contributed by atoms with E-state index in [0.29, 0.717) is 68.3 Å². The summed E-state index contributed by atoms with van der Waals surface area (Å²) in [5.41, 5.74) is 1.23. The fourth-order valence-corrected chi connectivity index (χ4v) is 3.95. The lowest BCUT2D eigenvalue weighted by atomic mass is 10.2. The van der Waals surface area contributed by atoms with E-state index in [1.807, 2.05) is 20.8 Å². The molecule has 1 aromatic carbocycles. The second kappa shape index (κ2) is 13.7. The van der Waals surface area contributed by atoms with Crippen molar-refractivity contribution in [2.45, 2.75) is 39.4 Å². The van der Waals surface area contributed by atoms with Crippen LogP contribution in [0.1, 0.15) is 38.1 Å². The summed E-state index contributed by atoms with van der Waals surface area (Å²) in [5, 5.41) is 12.3. The first kappa shape index (κ1) is 26.6. The molecule has 0 saturated carbocycles. The molecule has 0 atom stereocenters. The number of fused-ring (bicyclic) bond motifs is 1. The normalized spacial score (nSPS) is 11.0. The lowest BCUT2D eigenvalue weighted by molar-refractivity contribution is 0.0951. The molecule has 190 valence electrons. The van der Waals surface area contributed by atoms with Gasteiger partial charge in [-0.3, -0.25) is 4.79 Å². The third-order valence-corrected chi connectivity index (χ3v) is 5.64. The van der Waals surface area contributed by atoms with Gasteiger partial charge >= 0.3 is 0 Å². The van der Waals surface area contributed by atoms with E-state index in [4.69, 9.17) is 14.2 Å². The highest BCUT2D eigenvalue weighted by Crippen LogP contribution is 2.28. The quantitative estimate of drug-likeness (QED) is 0.183. The molecule has 11 heteroatoms. The Labute approximate surface area is 210 Å². The molecule has 0 saturated heterocycles. The molecule has 3 aromatic rings. The van der Waals surface area contributed by atoms with Crippen molar-refractivity contribution in [1.82, 2.24) is 25.1 Å². The second-order valence-electron chi connectivity index (χ2n) is 7.30. The molecule has 1 amide bonds. The van der Waals surface area contributed by atoms with Gasteiger partial charge in [-0.25, -0.2) is 14.6 Å². The average Bonchev–Trinajstić information content (AvgIpc) is 3.26. The van der Waals surface area contributed by atoms with E-state index in [1.54, 1.807) is 40.8 Å². The Morgan fingerprint density at radius 3 is 2.57 bits per heavy atom. The zero-order chi connectivity index (χ0) is 25.0. The third-order valence-electron chi connectivity index (χ3n) is 4.91. The smallest absolute Gasteiger partial charge is 0.251 e. The third kappa shape index (κ3) is 7.22. The highest BCUT2D eigenvalue weighted by molar-refractivity contribution is 7.99. The molecule has 3 rings (SSSR count). The van der Waals surface area contributed by atoms with Crippen LogP contribution in [0.4, 0.5) is 5.82 Å². The summed E-state index contributed by atoms with van der Waals surface area (Å²) < 4.78 is 18.4. The molecule has 0 fully saturated rings. The van der Waals surface area contributed by atoms with Crippen molar-refractivity contribution in [1.29, 1.82) is 0 Å². The number of ether oxygens (including phenoxy) is 3. The molecule has 10 nitrogen and oxygen atoms in total. The van der Waals surface area contributed by atoms with Gasteiger partial charge in [-0.05, 0) is 44.7 Å². The van der Waals surface area contributed by atoms with Gasteiger partial charge in [-0.15, -0.1) is 0 Å². The zero-order valence-corrected chi connectivity index (χ0v) is 21.6. The maximum Gasteiger partial charge on any atom is 0.251 e. The number of aromatic nitrogens is 4. The van der Waals surface area contributed by atoms with Crippen LogP contribution in [-0.4, -0.2) is 70.9 Å². The fourth-order valence-electron chi connectivity index (χ4n) is 3.38. The van der Waals surface area contributed by atoms with Gasteiger partial charge in [0.1, 0.15) is 5.82 Å². The molecule has 0 aliphatic rings. The van der Waals surface area contributed by atoms with E-state index < -0.39 is 0 Å². The molecule has 2 N–H and O–H groups in total. The molecule has 2 aromatic heterocycles. The zero-order valence-electron chi connectivity index (χ0n) is 20.8. The Bertz CT molecular complexity index is 1110. The van der Waals surface area contributed by atoms with Gasteiger partial charge in [0.15, 0.2) is 22.3 Å². The summed E-state index contributed by atoms with van der Waals surface area (Å²) >= 11 is 1.57. The Hall–Kier alpha value is -3.05. The van der Waals surface area contributed by atoms with Gasteiger partial charge in [-0.2, -0.15) is 5.10 Å². The van der Waals surface area contributed by atoms with Crippen LogP contribution in [0.25, 0.3) is 11.0 Å². The summed E-state index contributed by atoms with van der Waals surface area (Å²) in [5.74, 6) is 2.58. The van der Waals surface area contributed by atoms with Crippen LogP contribution >= 0.6 is 11.8 Å². The molecular formula is C24H34N6O4S. The molecule has 35 heavy (non-hydrogen) atoms. The molecule has 0 bridgehead atoms. The van der Waals surface area contributed by atoms with Crippen LogP contribution in [0.3, 0.4) is 0 Å². The maximum absolute atomic E-state index is 12.7. The van der Waals surface area contributed by atoms with E-state index >= 15 is 0 Å². The molecule has 0 unspecified atom stereocenters. The molecule has 0 radical (unpaired) electrons. The Morgan fingerprint density at radius 1 is 1.03 bits per heavy atom. The number of amides is 1. The number of carbonyl (C=O) groups is 1. The monoisotopic (exact) mass is 502 g/mol. The van der Waals surface area contributed by atoms with Crippen LogP contribution in [0, 0.1) is 0 Å². The Morgan fingerprint density at radius 2 is 1.83 bits per heavy atom. The first-order valence-electron chi connectivity index (χ1n) is 12.0. The van der Waals surface area contributed by atoms with E-state index in [1.165, 1.54) is 0 Å². The predicted molar refractivity (Wildman–Crippen MR) is 138 cm³/mol. The summed E-state index contributed by atoms with van der Waals surface area (Å²) in [6, 6.07) is 5.19. The van der Waals surface area contributed by atoms with Crippen molar-refractivity contribution in [2.24, 2.45) is 0 Å². The summed E-state index contributed by atoms with van der Waals surface area (Å²) in [4.78, 5) is 22.1. The first-order chi connectivity index (χ1) is 17.1. The number of thioether (sulfide) groups is 1. The Balaban J connectivity index is 1.69. The van der Waals surface area contributed by atoms with Crippen LogP contribution < -0.4 is 20.1 Å². The van der Waals surface area contributed by atoms with Gasteiger partial charge in [0, 0.05) is 25.3 Å². The number of nitrogens with zero attached hydrogens (tertiary/aromatic N) is 4. The highest BCUT2D eigenvalue weighted by atomic mass is 32.2. The summed E-state index contributed by atoms with van der Waals surface area (Å²) in [7, 11) is 0. The molecule has 0 aliphatic carbocycles. The number of nitrogens with one attached hydrogen (secondary N) is 2. The van der Waals surface area contributed by atoms with Crippen molar-refractivity contribution >= 4 is 34.5 Å². The largest absolute Gasteiger partial charge is 0.490 e. The van der Waals surface area contributed by atoms with Gasteiger partial charge in [0.25, 0.3) is 5.91 Å². The molecule has 0 aliphatic heterocycles. The number of carbonyl (C=O) groups excluding carboxylic acids is 1. The minimum Gasteiger partial charge on any atom is -0.490 e. The second-order valence-corrected chi connectivity index (χ2v) is 8.53. The van der Waals surface area contributed by atoms with Crippen molar-refractivity contribution in [3.8, 4) is 11.5 Å². The minimum absolute atomic E-state index is 0.194. The van der Waals surface area contributed by atoms with Crippen LogP contribution in [-0.2, 0) is 11.3 Å². The van der Waals surface area contributed by atoms with Gasteiger partial charge in [0.2, 0.25) is 0 Å². The van der Waals surface area contributed by atoms with E-state index in [2.05, 4.69) is 32.6 Å². The van der Waals surface area contributed by atoms with Gasteiger partial charge < -0.3 is 24.8 Å². The molecule has 0 spiro atoms. The van der Waals surface area contributed by atoms with Gasteiger partial charge in [-0.1, -0.05) is 18.7 Å². The predicted octanol–water partition coefficient (Wildman–Crippen LogP) is 3.61. The van der Waals surface area contributed by atoms with Crippen LogP contribution in [0.5, 0.6) is 11.5 Å². The van der Waals surface area contributed by atoms with Crippen LogP contribution in [0.15, 0.2) is 29.6 Å². The average molecular weight is 503 g/mol. The van der Waals surface area contributed by atoms with Crippen LogP contribution in [0.2, 0.25) is 0 Å². The van der Waals surface area contributed by atoms with Crippen molar-refractivity contribution in [2.75, 3.05) is 50.6 Å². The topological polar surface area (TPSA) is 112 Å². The summed E-state index contributed by atoms with van der Waals surface area (Å²) in [6.45, 7) is 11.6. The van der Waals surface area contributed by atoms with E-state index in [0.717, 1.165) is 22.6 Å². The number of hydrogen-bond donors (Lipinski definition) is 2. The molecular weight excluding hydrogens is 468 g/mol. The summed E-state index contributed by atoms with van der Waals surface area (Å²) in [6.07, 6.45) is 1.75. The first-order valence-corrected chi connectivity index (χ1v) is 13.0. The highest BCUT2D eigenvalue weighted by Gasteiger charge is 2.15. The Kier molecular flexibility index (Phi) is 10.4. The number of hydrogen-bond acceptors (Lipinski definition) is 9. The maximum atomic E-state index is 12.7. The van der Waals surface area contributed by atoms with E-state index in [-0.39, 0.29) is 5.91 Å². The SMILES string of the molecule is CCOCCNc1nc(SCC)nc2c1cnn2CCNC(=O)c1ccc(OCC)c(OCC)c1. The minimum atomic E-state index is -0.194. The van der Waals surface area contributed by atoms with Crippen molar-refractivity contribution in [3.05, 3.63) is 30.0 Å². The lowest BCUT2D eigenvalue weighted by Gasteiger charge is -2.12. The van der Waals surface area contributed by atoms with Crippen molar-refractivity contribution < 1.29 is 19.0 Å². The number of anilines is 1. The number of benzene rings is 1. The molecule has 2 heterocycles. The van der Waals surface area contributed by atoms with Crippen molar-refractivity contribution in [3.63, 3.8) is 0 Å². The lowest BCUT2D eigenvalue weighted by Crippen LogP contribution is -2.27. The fraction of sp³-hybridized carbons (Fsp3) is 0.500. The standard InChI is InChI=1S/C24H34N6O4S/c1-5-32-14-12-25-21-18-16-27-30(22(18)29-24(28-21)35-8-4)13-11-26-23(31)17-9-10-19(33-6-2)20(15-17)34-7-3/h9-10,15-16H,5-8,11-14H2,1-4H3,(H,26,31)(H,25,28,29). The number of rotatable bonds is 15. The van der Waals surface area contributed by atoms with Gasteiger partial charge in [0.05, 0.1) is 37.9 Å².